The molecule has 0 heterocycles. The third kappa shape index (κ3) is 9.69. The molecule has 2 rings (SSSR count). The summed E-state index contributed by atoms with van der Waals surface area (Å²) < 4.78 is 15.9. The molecule has 44 heavy (non-hydrogen) atoms. The predicted octanol–water partition coefficient (Wildman–Crippen LogP) is 5.69. The van der Waals surface area contributed by atoms with Crippen LogP contribution >= 0.6 is 15.9 Å². The van der Waals surface area contributed by atoms with Crippen molar-refractivity contribution in [2.45, 2.75) is 20.8 Å². The van der Waals surface area contributed by atoms with Crippen LogP contribution in [0, 0.1) is 20.2 Å². The lowest BCUT2D eigenvalue weighted by molar-refractivity contribution is -0.393. The number of anilines is 2. The number of hydrogen-bond acceptors (Lipinski definition) is 13. The number of methoxy groups -OCH3 is 1. The Bertz CT molecular complexity index is 1510. The van der Waals surface area contributed by atoms with E-state index in [9.17, 15) is 34.6 Å². The van der Waals surface area contributed by atoms with E-state index in [-0.39, 0.29) is 64.7 Å². The van der Waals surface area contributed by atoms with Gasteiger partial charge in [-0.25, -0.2) is 9.59 Å². The molecule has 0 atom stereocenters. The number of nitro groups is 2. The highest BCUT2D eigenvalue weighted by atomic mass is 79.9. The molecule has 0 spiro atoms. The zero-order chi connectivity index (χ0) is 33.1. The number of rotatable bonds is 15. The van der Waals surface area contributed by atoms with Gasteiger partial charge in [-0.05, 0) is 35.8 Å². The molecule has 0 fully saturated rings. The molecule has 0 aliphatic rings. The highest BCUT2D eigenvalue weighted by Crippen LogP contribution is 2.43. The van der Waals surface area contributed by atoms with Crippen molar-refractivity contribution >= 4 is 67.9 Å². The zero-order valence-electron chi connectivity index (χ0n) is 24.2. The van der Waals surface area contributed by atoms with Crippen LogP contribution in [-0.2, 0) is 23.9 Å². The van der Waals surface area contributed by atoms with Gasteiger partial charge >= 0.3 is 17.6 Å². The van der Waals surface area contributed by atoms with E-state index >= 15 is 0 Å². The Kier molecular flexibility index (Phi) is 12.6. The first-order valence-electron chi connectivity index (χ1n) is 12.6. The number of benzene rings is 2. The van der Waals surface area contributed by atoms with Gasteiger partial charge in [-0.2, -0.15) is 0 Å². The molecule has 234 valence electrons. The minimum atomic E-state index is -0.844. The smallest absolute Gasteiger partial charge is 0.333 e. The molecule has 0 bridgehead atoms. The van der Waals surface area contributed by atoms with Gasteiger partial charge in [0.05, 0.1) is 52.0 Å². The van der Waals surface area contributed by atoms with E-state index in [1.54, 1.807) is 4.90 Å². The lowest BCUT2D eigenvalue weighted by Gasteiger charge is -2.27. The van der Waals surface area contributed by atoms with E-state index in [2.05, 4.69) is 44.6 Å². The lowest BCUT2D eigenvalue weighted by atomic mass is 10.2. The number of halogens is 1. The van der Waals surface area contributed by atoms with Crippen molar-refractivity contribution < 1.29 is 38.4 Å². The van der Waals surface area contributed by atoms with Crippen LogP contribution in [0.15, 0.2) is 63.3 Å². The molecule has 1 amide bonds. The fraction of sp³-hybridized carbons (Fsp3) is 0.296. The number of carbonyl (C=O) groups is 3. The summed E-state index contributed by atoms with van der Waals surface area (Å²) in [6.07, 6.45) is 0. The van der Waals surface area contributed by atoms with Gasteiger partial charge in [0, 0.05) is 30.2 Å². The van der Waals surface area contributed by atoms with E-state index in [0.29, 0.717) is 5.69 Å². The molecular weight excluding hydrogens is 648 g/mol. The molecule has 0 aliphatic carbocycles. The number of nitrogens with zero attached hydrogens (tertiary/aromatic N) is 5. The third-order valence-electron chi connectivity index (χ3n) is 5.53. The Labute approximate surface area is 259 Å². The van der Waals surface area contributed by atoms with Gasteiger partial charge in [-0.15, -0.1) is 10.2 Å². The van der Waals surface area contributed by atoms with E-state index in [4.69, 9.17) is 14.2 Å². The van der Waals surface area contributed by atoms with Crippen LogP contribution in [0.25, 0.3) is 0 Å². The van der Waals surface area contributed by atoms with Crippen LogP contribution < -0.4 is 15.0 Å². The number of ether oxygens (including phenoxy) is 3. The molecule has 16 nitrogen and oxygen atoms in total. The van der Waals surface area contributed by atoms with Gasteiger partial charge in [0.25, 0.3) is 5.69 Å². The molecule has 2 aromatic carbocycles. The Balaban J connectivity index is 2.60. The highest BCUT2D eigenvalue weighted by Gasteiger charge is 2.24. The first-order chi connectivity index (χ1) is 20.7. The van der Waals surface area contributed by atoms with Crippen LogP contribution in [0.1, 0.15) is 20.8 Å². The summed E-state index contributed by atoms with van der Waals surface area (Å²) in [5.41, 5.74) is -0.620. The Morgan fingerprint density at radius 1 is 0.932 bits per heavy atom. The average Bonchev–Trinajstić information content (AvgIpc) is 2.94. The number of amides is 1. The van der Waals surface area contributed by atoms with Crippen LogP contribution in [0.2, 0.25) is 0 Å². The number of hydrogen-bond donors (Lipinski definition) is 1. The molecule has 0 saturated carbocycles. The number of nitrogens with one attached hydrogen (secondary N) is 1. The molecule has 1 N–H and O–H groups in total. The van der Waals surface area contributed by atoms with Gasteiger partial charge in [-0.1, -0.05) is 13.2 Å². The normalized spacial score (nSPS) is 10.6. The number of nitro benzene ring substituents is 2. The largest absolute Gasteiger partial charge is 0.494 e. The highest BCUT2D eigenvalue weighted by molar-refractivity contribution is 9.10. The van der Waals surface area contributed by atoms with Gasteiger partial charge in [0.1, 0.15) is 24.7 Å². The van der Waals surface area contributed by atoms with E-state index < -0.39 is 39.1 Å². The minimum absolute atomic E-state index is 0.0164. The quantitative estimate of drug-likeness (QED) is 0.0796. The number of azo groups is 1. The fourth-order valence-corrected chi connectivity index (χ4v) is 3.97. The lowest BCUT2D eigenvalue weighted by Crippen LogP contribution is -2.32. The summed E-state index contributed by atoms with van der Waals surface area (Å²) in [5.74, 6) is -1.50. The van der Waals surface area contributed by atoms with Crippen LogP contribution in [-0.4, -0.2) is 61.1 Å². The van der Waals surface area contributed by atoms with Crippen LogP contribution in [0.4, 0.5) is 34.1 Å². The van der Waals surface area contributed by atoms with Crippen LogP contribution in [0.3, 0.4) is 0 Å². The molecule has 0 aliphatic heterocycles. The summed E-state index contributed by atoms with van der Waals surface area (Å²) >= 11 is 3.07. The Morgan fingerprint density at radius 2 is 1.50 bits per heavy atom. The molecule has 17 heteroatoms. The van der Waals surface area contributed by atoms with Crippen molar-refractivity contribution in [3.63, 3.8) is 0 Å². The van der Waals surface area contributed by atoms with E-state index in [1.165, 1.54) is 40.0 Å². The minimum Gasteiger partial charge on any atom is -0.494 e. The van der Waals surface area contributed by atoms with E-state index in [0.717, 1.165) is 12.1 Å². The van der Waals surface area contributed by atoms with Gasteiger partial charge < -0.3 is 24.4 Å². The predicted molar refractivity (Wildman–Crippen MR) is 163 cm³/mol. The van der Waals surface area contributed by atoms with Gasteiger partial charge in [-0.3, -0.25) is 25.0 Å². The van der Waals surface area contributed by atoms with Crippen molar-refractivity contribution in [3.05, 3.63) is 73.3 Å². The second-order valence-electron chi connectivity index (χ2n) is 9.05. The monoisotopic (exact) mass is 676 g/mol. The second-order valence-corrected chi connectivity index (χ2v) is 9.91. The fourth-order valence-electron chi connectivity index (χ4n) is 3.46. The van der Waals surface area contributed by atoms with Crippen molar-refractivity contribution in [1.29, 1.82) is 0 Å². The summed E-state index contributed by atoms with van der Waals surface area (Å²) in [4.78, 5) is 58.8. The summed E-state index contributed by atoms with van der Waals surface area (Å²) in [5, 5.41) is 33.4. The second kappa shape index (κ2) is 15.9. The molecule has 0 unspecified atom stereocenters. The molecule has 2 aromatic rings. The standard InChI is InChI=1S/C27H29BrN6O10/c1-15(2)26(36)43-9-7-32(8-10-44-27(37)16(3)4)22-13-20(29-17(5)35)21(14-24(22)42-6)30-31-25-19(28)11-18(33(38)39)12-23(25)34(40)41/h11-14H,1,3,7-10H2,2,4-6H3,(H,29,35). The molecular formula is C27H29BrN6O10. The Hall–Kier alpha value is -5.19. The van der Waals surface area contributed by atoms with Crippen molar-refractivity contribution in [2.75, 3.05) is 43.6 Å². The maximum Gasteiger partial charge on any atom is 0.333 e. The van der Waals surface area contributed by atoms with Gasteiger partial charge in [0.2, 0.25) is 5.91 Å². The first-order valence-corrected chi connectivity index (χ1v) is 13.4. The maximum absolute atomic E-state index is 12.1. The third-order valence-corrected chi connectivity index (χ3v) is 6.13. The van der Waals surface area contributed by atoms with E-state index in [1.807, 2.05) is 0 Å². The zero-order valence-corrected chi connectivity index (χ0v) is 25.8. The van der Waals surface area contributed by atoms with Crippen molar-refractivity contribution in [3.8, 4) is 5.75 Å². The summed E-state index contributed by atoms with van der Waals surface area (Å²) in [6.45, 7) is 11.3. The van der Waals surface area contributed by atoms with Crippen LogP contribution in [0.5, 0.6) is 5.75 Å². The Morgan fingerprint density at radius 3 is 1.95 bits per heavy atom. The van der Waals surface area contributed by atoms with Crippen molar-refractivity contribution in [1.82, 2.24) is 0 Å². The van der Waals surface area contributed by atoms with Gasteiger partial charge in [0.15, 0.2) is 5.69 Å². The number of esters is 2. The first kappa shape index (κ1) is 35.0. The maximum atomic E-state index is 12.1. The molecule has 0 saturated heterocycles. The number of non-ortho nitro benzene ring substituents is 1. The molecule has 0 aromatic heterocycles. The van der Waals surface area contributed by atoms with Crippen molar-refractivity contribution in [2.24, 2.45) is 10.2 Å². The summed E-state index contributed by atoms with van der Waals surface area (Å²) in [6, 6.07) is 4.66. The average molecular weight is 677 g/mol. The molecule has 0 radical (unpaired) electrons. The SMILES string of the molecule is C=C(C)C(=O)OCCN(CCOC(=O)C(=C)C)c1cc(NC(C)=O)c(N=Nc2c(Br)cc([N+](=O)[O-])cc2[N+](=O)[O-])cc1OC. The number of carbonyl (C=O) groups excluding carboxylic acids is 3. The topological polar surface area (TPSA) is 205 Å². The summed E-state index contributed by atoms with van der Waals surface area (Å²) in [7, 11) is 1.36.